The fourth-order valence-corrected chi connectivity index (χ4v) is 3.84. The summed E-state index contributed by atoms with van der Waals surface area (Å²) >= 11 is 7.11. The van der Waals surface area contributed by atoms with Crippen LogP contribution in [0, 0.1) is 0 Å². The summed E-state index contributed by atoms with van der Waals surface area (Å²) in [6.45, 7) is 0. The van der Waals surface area contributed by atoms with E-state index in [0.717, 1.165) is 22.3 Å². The summed E-state index contributed by atoms with van der Waals surface area (Å²) in [6, 6.07) is 14.6. The number of rotatable bonds is 6. The second-order valence-corrected chi connectivity index (χ2v) is 6.48. The standard InChI is InChI=1S/C20H18Br2O4/c1-25-19(23)15-7-3-13(4-8-15)17(11-21)18(12-22)14-5-9-16(10-6-14)20(24)26-2/h3-10H,11-12H2,1-2H3/b18-17+. The zero-order valence-electron chi connectivity index (χ0n) is 14.4. The van der Waals surface area contributed by atoms with Gasteiger partial charge < -0.3 is 9.47 Å². The third kappa shape index (κ3) is 4.62. The number of carbonyl (C=O) groups excluding carboxylic acids is 2. The van der Waals surface area contributed by atoms with Gasteiger partial charge >= 0.3 is 11.9 Å². The number of carbonyl (C=O) groups is 2. The van der Waals surface area contributed by atoms with E-state index in [2.05, 4.69) is 31.9 Å². The minimum Gasteiger partial charge on any atom is -0.465 e. The molecule has 0 aliphatic rings. The highest BCUT2D eigenvalue weighted by Gasteiger charge is 2.13. The average Bonchev–Trinajstić information content (AvgIpc) is 2.71. The molecular formula is C20H18Br2O4. The number of ether oxygens (including phenoxy) is 2. The third-order valence-corrected chi connectivity index (χ3v) is 5.06. The van der Waals surface area contributed by atoms with Gasteiger partial charge in [0.15, 0.2) is 0 Å². The van der Waals surface area contributed by atoms with E-state index in [0.29, 0.717) is 21.8 Å². The van der Waals surface area contributed by atoms with Gasteiger partial charge in [0, 0.05) is 10.7 Å². The van der Waals surface area contributed by atoms with Crippen LogP contribution in [-0.2, 0) is 9.47 Å². The molecule has 136 valence electrons. The topological polar surface area (TPSA) is 52.6 Å². The lowest BCUT2D eigenvalue weighted by atomic mass is 9.95. The number of hydrogen-bond acceptors (Lipinski definition) is 4. The summed E-state index contributed by atoms with van der Waals surface area (Å²) in [7, 11) is 2.72. The van der Waals surface area contributed by atoms with Crippen molar-refractivity contribution in [2.45, 2.75) is 0 Å². The van der Waals surface area contributed by atoms with E-state index in [1.165, 1.54) is 14.2 Å². The van der Waals surface area contributed by atoms with Gasteiger partial charge in [0.25, 0.3) is 0 Å². The summed E-state index contributed by atoms with van der Waals surface area (Å²) in [6.07, 6.45) is 0. The largest absolute Gasteiger partial charge is 0.465 e. The number of allylic oxidation sites excluding steroid dienone is 2. The van der Waals surface area contributed by atoms with Crippen LogP contribution in [0.4, 0.5) is 0 Å². The molecule has 0 heterocycles. The summed E-state index contributed by atoms with van der Waals surface area (Å²) in [5, 5.41) is 1.29. The molecule has 6 heteroatoms. The van der Waals surface area contributed by atoms with Gasteiger partial charge in [-0.05, 0) is 46.5 Å². The van der Waals surface area contributed by atoms with E-state index in [-0.39, 0.29) is 11.9 Å². The predicted octanol–water partition coefficient (Wildman–Crippen LogP) is 4.96. The number of alkyl halides is 2. The van der Waals surface area contributed by atoms with Crippen LogP contribution in [0.25, 0.3) is 11.1 Å². The van der Waals surface area contributed by atoms with Crippen molar-refractivity contribution in [3.8, 4) is 0 Å². The van der Waals surface area contributed by atoms with Gasteiger partial charge in [-0.1, -0.05) is 56.1 Å². The molecule has 0 saturated heterocycles. The van der Waals surface area contributed by atoms with Crippen LogP contribution in [0.5, 0.6) is 0 Å². The Morgan fingerprint density at radius 3 is 1.15 bits per heavy atom. The third-order valence-electron chi connectivity index (χ3n) is 3.94. The molecule has 0 amide bonds. The molecule has 0 bridgehead atoms. The van der Waals surface area contributed by atoms with Gasteiger partial charge in [0.05, 0.1) is 25.3 Å². The van der Waals surface area contributed by atoms with Crippen LogP contribution < -0.4 is 0 Å². The van der Waals surface area contributed by atoms with E-state index in [9.17, 15) is 9.59 Å². The molecule has 0 unspecified atom stereocenters. The van der Waals surface area contributed by atoms with E-state index >= 15 is 0 Å². The maximum absolute atomic E-state index is 11.6. The van der Waals surface area contributed by atoms with Crippen molar-refractivity contribution in [3.63, 3.8) is 0 Å². The molecule has 2 aromatic rings. The van der Waals surface area contributed by atoms with Crippen LogP contribution in [0.2, 0.25) is 0 Å². The summed E-state index contributed by atoms with van der Waals surface area (Å²) in [5.74, 6) is -0.722. The summed E-state index contributed by atoms with van der Waals surface area (Å²) < 4.78 is 9.47. The fourth-order valence-electron chi connectivity index (χ4n) is 2.51. The van der Waals surface area contributed by atoms with Crippen molar-refractivity contribution in [1.29, 1.82) is 0 Å². The smallest absolute Gasteiger partial charge is 0.337 e. The molecule has 0 aromatic heterocycles. The zero-order chi connectivity index (χ0) is 19.1. The Morgan fingerprint density at radius 1 is 0.654 bits per heavy atom. The van der Waals surface area contributed by atoms with Gasteiger partial charge in [0.1, 0.15) is 0 Å². The van der Waals surface area contributed by atoms with E-state index in [1.54, 1.807) is 24.3 Å². The SMILES string of the molecule is COC(=O)c1ccc(/C(CBr)=C(\CBr)c2ccc(C(=O)OC)cc2)cc1. The van der Waals surface area contributed by atoms with Crippen molar-refractivity contribution in [3.05, 3.63) is 70.8 Å². The molecule has 2 rings (SSSR count). The van der Waals surface area contributed by atoms with E-state index in [4.69, 9.17) is 9.47 Å². The highest BCUT2D eigenvalue weighted by Crippen LogP contribution is 2.30. The Labute approximate surface area is 169 Å². The minimum atomic E-state index is -0.361. The van der Waals surface area contributed by atoms with Crippen LogP contribution in [0.15, 0.2) is 48.5 Å². The van der Waals surface area contributed by atoms with E-state index in [1.807, 2.05) is 24.3 Å². The Kier molecular flexibility index (Phi) is 7.60. The lowest BCUT2D eigenvalue weighted by Gasteiger charge is -2.13. The molecule has 26 heavy (non-hydrogen) atoms. The zero-order valence-corrected chi connectivity index (χ0v) is 17.6. The minimum absolute atomic E-state index is 0.361. The van der Waals surface area contributed by atoms with Gasteiger partial charge in [-0.25, -0.2) is 9.59 Å². The first-order valence-electron chi connectivity index (χ1n) is 7.77. The first-order valence-corrected chi connectivity index (χ1v) is 10.0. The van der Waals surface area contributed by atoms with Crippen LogP contribution >= 0.6 is 31.9 Å². The van der Waals surface area contributed by atoms with Crippen LogP contribution in [0.1, 0.15) is 31.8 Å². The molecular weight excluding hydrogens is 464 g/mol. The van der Waals surface area contributed by atoms with Crippen molar-refractivity contribution in [1.82, 2.24) is 0 Å². The number of esters is 2. The number of methoxy groups -OCH3 is 2. The molecule has 0 spiro atoms. The fraction of sp³-hybridized carbons (Fsp3) is 0.200. The van der Waals surface area contributed by atoms with Gasteiger partial charge in [-0.15, -0.1) is 0 Å². The normalized spacial score (nSPS) is 11.5. The van der Waals surface area contributed by atoms with Crippen molar-refractivity contribution >= 4 is 54.9 Å². The van der Waals surface area contributed by atoms with Crippen molar-refractivity contribution in [2.24, 2.45) is 0 Å². The van der Waals surface area contributed by atoms with E-state index < -0.39 is 0 Å². The summed E-state index contributed by atoms with van der Waals surface area (Å²) in [4.78, 5) is 23.2. The highest BCUT2D eigenvalue weighted by molar-refractivity contribution is 9.09. The van der Waals surface area contributed by atoms with Crippen molar-refractivity contribution < 1.29 is 19.1 Å². The average molecular weight is 482 g/mol. The molecule has 0 fully saturated rings. The number of benzene rings is 2. The first kappa shape index (κ1) is 20.4. The molecule has 0 aliphatic carbocycles. The van der Waals surface area contributed by atoms with Gasteiger partial charge in [-0.3, -0.25) is 0 Å². The maximum atomic E-state index is 11.6. The lowest BCUT2D eigenvalue weighted by molar-refractivity contribution is 0.0592. The Bertz CT molecular complexity index is 739. The van der Waals surface area contributed by atoms with Gasteiger partial charge in [0.2, 0.25) is 0 Å². The molecule has 2 aromatic carbocycles. The molecule has 0 aliphatic heterocycles. The Balaban J connectivity index is 2.43. The second kappa shape index (κ2) is 9.69. The molecule has 4 nitrogen and oxygen atoms in total. The Hall–Kier alpha value is -1.92. The monoisotopic (exact) mass is 480 g/mol. The van der Waals surface area contributed by atoms with Crippen LogP contribution in [0.3, 0.4) is 0 Å². The lowest BCUT2D eigenvalue weighted by Crippen LogP contribution is -2.02. The molecule has 0 saturated carbocycles. The number of halogens is 2. The molecule has 0 atom stereocenters. The van der Waals surface area contributed by atoms with Crippen LogP contribution in [-0.4, -0.2) is 36.8 Å². The molecule has 0 radical (unpaired) electrons. The second-order valence-electron chi connectivity index (χ2n) is 5.36. The Morgan fingerprint density at radius 2 is 0.923 bits per heavy atom. The predicted molar refractivity (Wildman–Crippen MR) is 110 cm³/mol. The molecule has 0 N–H and O–H groups in total. The highest BCUT2D eigenvalue weighted by atomic mass is 79.9. The quantitative estimate of drug-likeness (QED) is 0.332. The maximum Gasteiger partial charge on any atom is 0.337 e. The number of hydrogen-bond donors (Lipinski definition) is 0. The first-order chi connectivity index (χ1) is 12.5. The van der Waals surface area contributed by atoms with Gasteiger partial charge in [-0.2, -0.15) is 0 Å². The van der Waals surface area contributed by atoms with Crippen molar-refractivity contribution in [2.75, 3.05) is 24.9 Å². The summed E-state index contributed by atoms with van der Waals surface area (Å²) in [5.41, 5.74) is 5.19.